The lowest BCUT2D eigenvalue weighted by Crippen LogP contribution is -2.21. The summed E-state index contributed by atoms with van der Waals surface area (Å²) in [7, 11) is 0. The normalized spacial score (nSPS) is 11.5. The fourth-order valence-corrected chi connectivity index (χ4v) is 1.30. The Morgan fingerprint density at radius 1 is 1.29 bits per heavy atom. The molecule has 0 bridgehead atoms. The molecule has 0 amide bonds. The lowest BCUT2D eigenvalue weighted by Gasteiger charge is -2.15. The molecule has 0 spiro atoms. The standard InChI is InChI=1S/C9H10Cl2N2O/c1-9(2,3)7(14)5-4-6(10)13-8(11)12-5/h4H,1-3H3. The van der Waals surface area contributed by atoms with Crippen LogP contribution in [0.3, 0.4) is 0 Å². The zero-order valence-electron chi connectivity index (χ0n) is 8.14. The summed E-state index contributed by atoms with van der Waals surface area (Å²) in [5.74, 6) is -0.108. The fourth-order valence-electron chi connectivity index (χ4n) is 0.890. The molecule has 1 rings (SSSR count). The highest BCUT2D eigenvalue weighted by molar-refractivity contribution is 6.32. The number of carbonyl (C=O) groups is 1. The molecule has 1 heterocycles. The van der Waals surface area contributed by atoms with Crippen LogP contribution in [0.15, 0.2) is 6.07 Å². The van der Waals surface area contributed by atoms with E-state index in [4.69, 9.17) is 23.2 Å². The molecule has 1 aromatic rings. The predicted molar refractivity (Wildman–Crippen MR) is 55.8 cm³/mol. The molecule has 0 N–H and O–H groups in total. The molecule has 0 saturated carbocycles. The number of aromatic nitrogens is 2. The van der Waals surface area contributed by atoms with E-state index in [1.807, 2.05) is 0 Å². The zero-order valence-corrected chi connectivity index (χ0v) is 9.65. The molecule has 14 heavy (non-hydrogen) atoms. The Labute approximate surface area is 92.5 Å². The predicted octanol–water partition coefficient (Wildman–Crippen LogP) is 3.01. The highest BCUT2D eigenvalue weighted by Crippen LogP contribution is 2.21. The molecule has 0 aliphatic heterocycles. The largest absolute Gasteiger partial charge is 0.292 e. The first-order valence-electron chi connectivity index (χ1n) is 4.05. The average molecular weight is 233 g/mol. The van der Waals surface area contributed by atoms with Gasteiger partial charge in [0, 0.05) is 11.5 Å². The molecule has 0 aromatic carbocycles. The highest BCUT2D eigenvalue weighted by Gasteiger charge is 2.24. The number of hydrogen-bond acceptors (Lipinski definition) is 3. The minimum atomic E-state index is -0.499. The zero-order chi connectivity index (χ0) is 10.9. The fraction of sp³-hybridized carbons (Fsp3) is 0.444. The Bertz CT molecular complexity index is 351. The van der Waals surface area contributed by atoms with Gasteiger partial charge in [-0.05, 0) is 11.6 Å². The third-order valence-electron chi connectivity index (χ3n) is 1.58. The van der Waals surface area contributed by atoms with Crippen molar-refractivity contribution in [2.75, 3.05) is 0 Å². The van der Waals surface area contributed by atoms with Crippen molar-refractivity contribution in [3.63, 3.8) is 0 Å². The van der Waals surface area contributed by atoms with Crippen molar-refractivity contribution in [1.29, 1.82) is 0 Å². The Hall–Kier alpha value is -0.670. The number of ketones is 1. The van der Waals surface area contributed by atoms with E-state index in [0.29, 0.717) is 0 Å². The van der Waals surface area contributed by atoms with Gasteiger partial charge in [0.15, 0.2) is 5.78 Å². The number of hydrogen-bond donors (Lipinski definition) is 0. The number of nitrogens with zero attached hydrogens (tertiary/aromatic N) is 2. The molecule has 0 atom stereocenters. The van der Waals surface area contributed by atoms with Gasteiger partial charge in [-0.2, -0.15) is 0 Å². The molecule has 3 nitrogen and oxygen atoms in total. The number of rotatable bonds is 1. The van der Waals surface area contributed by atoms with Crippen molar-refractivity contribution >= 4 is 29.0 Å². The summed E-state index contributed by atoms with van der Waals surface area (Å²) < 4.78 is 0. The van der Waals surface area contributed by atoms with Gasteiger partial charge in [-0.3, -0.25) is 4.79 Å². The van der Waals surface area contributed by atoms with E-state index in [0.717, 1.165) is 0 Å². The van der Waals surface area contributed by atoms with Crippen LogP contribution in [0.25, 0.3) is 0 Å². The highest BCUT2D eigenvalue weighted by atomic mass is 35.5. The van der Waals surface area contributed by atoms with E-state index in [9.17, 15) is 4.79 Å². The van der Waals surface area contributed by atoms with Crippen molar-refractivity contribution in [3.05, 3.63) is 22.2 Å². The van der Waals surface area contributed by atoms with E-state index >= 15 is 0 Å². The van der Waals surface area contributed by atoms with Gasteiger partial charge in [0.2, 0.25) is 5.28 Å². The second kappa shape index (κ2) is 3.83. The molecular weight excluding hydrogens is 223 g/mol. The second-order valence-electron chi connectivity index (χ2n) is 3.92. The first-order valence-corrected chi connectivity index (χ1v) is 4.81. The summed E-state index contributed by atoms with van der Waals surface area (Å²) in [6.07, 6.45) is 0. The Morgan fingerprint density at radius 3 is 2.29 bits per heavy atom. The van der Waals surface area contributed by atoms with Crippen molar-refractivity contribution < 1.29 is 4.79 Å². The third kappa shape index (κ3) is 2.66. The van der Waals surface area contributed by atoms with E-state index in [-0.39, 0.29) is 21.9 Å². The topological polar surface area (TPSA) is 42.9 Å². The van der Waals surface area contributed by atoms with Gasteiger partial charge < -0.3 is 0 Å². The Kier molecular flexibility index (Phi) is 3.12. The molecule has 0 fully saturated rings. The minimum Gasteiger partial charge on any atom is -0.292 e. The summed E-state index contributed by atoms with van der Waals surface area (Å²) in [6, 6.07) is 1.42. The number of halogens is 2. The average Bonchev–Trinajstić information content (AvgIpc) is 1.99. The van der Waals surface area contributed by atoms with E-state index in [1.54, 1.807) is 20.8 Å². The molecule has 0 radical (unpaired) electrons. The quantitative estimate of drug-likeness (QED) is 0.425. The van der Waals surface area contributed by atoms with Crippen LogP contribution in [0.5, 0.6) is 0 Å². The lowest BCUT2D eigenvalue weighted by atomic mass is 9.89. The maximum atomic E-state index is 11.8. The molecule has 1 aromatic heterocycles. The van der Waals surface area contributed by atoms with Gasteiger partial charge in [0.25, 0.3) is 0 Å². The van der Waals surface area contributed by atoms with Crippen LogP contribution in [-0.2, 0) is 0 Å². The van der Waals surface area contributed by atoms with Gasteiger partial charge in [0.1, 0.15) is 10.8 Å². The van der Waals surface area contributed by atoms with Crippen LogP contribution in [0.4, 0.5) is 0 Å². The number of Topliss-reactive ketones (excluding diaryl/α,β-unsaturated/α-hetero) is 1. The first-order chi connectivity index (χ1) is 6.30. The monoisotopic (exact) mass is 232 g/mol. The third-order valence-corrected chi connectivity index (χ3v) is 1.94. The van der Waals surface area contributed by atoms with Crippen molar-refractivity contribution in [2.24, 2.45) is 5.41 Å². The smallest absolute Gasteiger partial charge is 0.224 e. The molecule has 0 saturated heterocycles. The van der Waals surface area contributed by atoms with E-state index in [1.165, 1.54) is 6.07 Å². The van der Waals surface area contributed by atoms with Gasteiger partial charge in [-0.1, -0.05) is 32.4 Å². The van der Waals surface area contributed by atoms with Crippen LogP contribution in [-0.4, -0.2) is 15.8 Å². The van der Waals surface area contributed by atoms with E-state index < -0.39 is 5.41 Å². The van der Waals surface area contributed by atoms with Gasteiger partial charge >= 0.3 is 0 Å². The lowest BCUT2D eigenvalue weighted by molar-refractivity contribution is 0.0852. The molecular formula is C9H10Cl2N2O. The molecule has 76 valence electrons. The van der Waals surface area contributed by atoms with E-state index in [2.05, 4.69) is 9.97 Å². The summed E-state index contributed by atoms with van der Waals surface area (Å²) in [6.45, 7) is 5.41. The minimum absolute atomic E-state index is 0.00917. The SMILES string of the molecule is CC(C)(C)C(=O)c1cc(Cl)nc(Cl)n1. The molecule has 0 aliphatic rings. The first kappa shape index (κ1) is 11.4. The van der Waals surface area contributed by atoms with Crippen LogP contribution < -0.4 is 0 Å². The Morgan fingerprint density at radius 2 is 1.86 bits per heavy atom. The van der Waals surface area contributed by atoms with Crippen molar-refractivity contribution in [3.8, 4) is 0 Å². The molecule has 0 aliphatic carbocycles. The summed E-state index contributed by atoms with van der Waals surface area (Å²) in [4.78, 5) is 19.3. The maximum Gasteiger partial charge on any atom is 0.224 e. The summed E-state index contributed by atoms with van der Waals surface area (Å²) in [5.41, 5.74) is -0.247. The maximum absolute atomic E-state index is 11.8. The van der Waals surface area contributed by atoms with Crippen LogP contribution in [0.1, 0.15) is 31.3 Å². The number of carbonyl (C=O) groups excluding carboxylic acids is 1. The van der Waals surface area contributed by atoms with Gasteiger partial charge in [0.05, 0.1) is 0 Å². The Balaban J connectivity index is 3.14. The molecule has 5 heteroatoms. The van der Waals surface area contributed by atoms with Crippen molar-refractivity contribution in [2.45, 2.75) is 20.8 Å². The van der Waals surface area contributed by atoms with Gasteiger partial charge in [-0.25, -0.2) is 9.97 Å². The summed E-state index contributed by atoms with van der Waals surface area (Å²) >= 11 is 11.2. The van der Waals surface area contributed by atoms with Crippen LogP contribution in [0.2, 0.25) is 10.4 Å². The van der Waals surface area contributed by atoms with Crippen molar-refractivity contribution in [1.82, 2.24) is 9.97 Å². The molecule has 0 unspecified atom stereocenters. The van der Waals surface area contributed by atoms with Crippen LogP contribution >= 0.6 is 23.2 Å². The van der Waals surface area contributed by atoms with Gasteiger partial charge in [-0.15, -0.1) is 0 Å². The summed E-state index contributed by atoms with van der Waals surface area (Å²) in [5, 5.41) is 0.169. The van der Waals surface area contributed by atoms with Crippen LogP contribution in [0, 0.1) is 5.41 Å². The second-order valence-corrected chi connectivity index (χ2v) is 4.65.